The largest absolute Gasteiger partial charge is 0.494 e. The van der Waals surface area contributed by atoms with Gasteiger partial charge in [0.15, 0.2) is 0 Å². The average Bonchev–Trinajstić information content (AvgIpc) is 2.44. The Kier molecular flexibility index (Phi) is 7.71. The maximum absolute atomic E-state index is 12.1. The molecule has 0 fully saturated rings. The molecule has 1 aromatic rings. The molecule has 0 heterocycles. The molecule has 21 heavy (non-hydrogen) atoms. The highest BCUT2D eigenvalue weighted by Crippen LogP contribution is 2.16. The average molecular weight is 314 g/mol. The fourth-order valence-electron chi connectivity index (χ4n) is 1.79. The highest BCUT2D eigenvalue weighted by Gasteiger charge is 2.13. The summed E-state index contributed by atoms with van der Waals surface area (Å²) in [5.74, 6) is 1.24. The zero-order valence-electron chi connectivity index (χ0n) is 12.8. The molecule has 0 bridgehead atoms. The highest BCUT2D eigenvalue weighted by atomic mass is 32.2. The van der Waals surface area contributed by atoms with Gasteiger partial charge in [0.05, 0.1) is 11.5 Å². The SMILES string of the molecule is CC(C)CCCNS(=O)(=O)c1ccc(OCCCN)cc1. The van der Waals surface area contributed by atoms with Crippen LogP contribution >= 0.6 is 0 Å². The number of nitrogens with two attached hydrogens (primary N) is 1. The minimum absolute atomic E-state index is 0.262. The molecular weight excluding hydrogens is 288 g/mol. The van der Waals surface area contributed by atoms with Gasteiger partial charge in [0.1, 0.15) is 5.75 Å². The molecule has 0 saturated carbocycles. The van der Waals surface area contributed by atoms with Crippen LogP contribution in [0.15, 0.2) is 29.2 Å². The normalized spacial score (nSPS) is 11.8. The van der Waals surface area contributed by atoms with Crippen LogP contribution in [0.4, 0.5) is 0 Å². The number of benzene rings is 1. The van der Waals surface area contributed by atoms with Gasteiger partial charge in [-0.15, -0.1) is 0 Å². The predicted molar refractivity (Wildman–Crippen MR) is 84.9 cm³/mol. The molecule has 1 rings (SSSR count). The van der Waals surface area contributed by atoms with E-state index in [1.165, 1.54) is 0 Å². The van der Waals surface area contributed by atoms with E-state index in [4.69, 9.17) is 10.5 Å². The molecule has 3 N–H and O–H groups in total. The standard InChI is InChI=1S/C15H26N2O3S/c1-13(2)5-3-11-17-21(18,19)15-8-6-14(7-9-15)20-12-4-10-16/h6-9,13,17H,3-5,10-12,16H2,1-2H3. The first-order chi connectivity index (χ1) is 9.95. The monoisotopic (exact) mass is 314 g/mol. The third-order valence-corrected chi connectivity index (χ3v) is 4.48. The number of rotatable bonds is 10. The lowest BCUT2D eigenvalue weighted by Gasteiger charge is -2.09. The maximum Gasteiger partial charge on any atom is 0.240 e. The van der Waals surface area contributed by atoms with Crippen molar-refractivity contribution >= 4 is 10.0 Å². The number of hydrogen-bond acceptors (Lipinski definition) is 4. The van der Waals surface area contributed by atoms with Gasteiger partial charge in [0.25, 0.3) is 0 Å². The van der Waals surface area contributed by atoms with Crippen molar-refractivity contribution in [3.05, 3.63) is 24.3 Å². The maximum atomic E-state index is 12.1. The van der Waals surface area contributed by atoms with E-state index in [1.54, 1.807) is 24.3 Å². The van der Waals surface area contributed by atoms with Crippen LogP contribution in [0.2, 0.25) is 0 Å². The van der Waals surface area contributed by atoms with Gasteiger partial charge >= 0.3 is 0 Å². The molecule has 120 valence electrons. The van der Waals surface area contributed by atoms with E-state index >= 15 is 0 Å². The zero-order valence-corrected chi connectivity index (χ0v) is 13.7. The van der Waals surface area contributed by atoms with Crippen LogP contribution in [-0.2, 0) is 10.0 Å². The summed E-state index contributed by atoms with van der Waals surface area (Å²) >= 11 is 0. The summed E-state index contributed by atoms with van der Waals surface area (Å²) < 4.78 is 32.2. The zero-order chi connectivity index (χ0) is 15.7. The second-order valence-corrected chi connectivity index (χ2v) is 7.16. The molecule has 0 aromatic heterocycles. The van der Waals surface area contributed by atoms with Crippen LogP contribution in [0.25, 0.3) is 0 Å². The lowest BCUT2D eigenvalue weighted by Crippen LogP contribution is -2.25. The smallest absolute Gasteiger partial charge is 0.240 e. The van der Waals surface area contributed by atoms with E-state index < -0.39 is 10.0 Å². The molecule has 6 heteroatoms. The Bertz CT molecular complexity index is 498. The molecule has 5 nitrogen and oxygen atoms in total. The lowest BCUT2D eigenvalue weighted by molar-refractivity contribution is 0.313. The van der Waals surface area contributed by atoms with Crippen molar-refractivity contribution in [3.8, 4) is 5.75 Å². The second kappa shape index (κ2) is 9.02. The first-order valence-corrected chi connectivity index (χ1v) is 8.86. The van der Waals surface area contributed by atoms with Crippen LogP contribution in [0.3, 0.4) is 0 Å². The molecule has 0 spiro atoms. The molecule has 0 aliphatic heterocycles. The summed E-state index contributed by atoms with van der Waals surface area (Å²) in [5.41, 5.74) is 5.38. The minimum atomic E-state index is -3.43. The van der Waals surface area contributed by atoms with Gasteiger partial charge in [-0.25, -0.2) is 13.1 Å². The topological polar surface area (TPSA) is 81.4 Å². The quantitative estimate of drug-likeness (QED) is 0.648. The fraction of sp³-hybridized carbons (Fsp3) is 0.600. The summed E-state index contributed by atoms with van der Waals surface area (Å²) in [6.45, 7) is 5.83. The first kappa shape index (κ1) is 17.9. The van der Waals surface area contributed by atoms with Crippen molar-refractivity contribution in [2.45, 2.75) is 38.0 Å². The summed E-state index contributed by atoms with van der Waals surface area (Å²) in [6, 6.07) is 6.45. The highest BCUT2D eigenvalue weighted by molar-refractivity contribution is 7.89. The molecule has 0 unspecified atom stereocenters. The van der Waals surface area contributed by atoms with Crippen LogP contribution in [0, 0.1) is 5.92 Å². The molecular formula is C15H26N2O3S. The van der Waals surface area contributed by atoms with E-state index in [1.807, 2.05) is 0 Å². The van der Waals surface area contributed by atoms with Crippen LogP contribution in [-0.4, -0.2) is 28.1 Å². The van der Waals surface area contributed by atoms with Crippen LogP contribution < -0.4 is 15.2 Å². The van der Waals surface area contributed by atoms with Gasteiger partial charge in [-0.1, -0.05) is 13.8 Å². The lowest BCUT2D eigenvalue weighted by atomic mass is 10.1. The van der Waals surface area contributed by atoms with Crippen molar-refractivity contribution in [3.63, 3.8) is 0 Å². The van der Waals surface area contributed by atoms with Gasteiger partial charge in [-0.3, -0.25) is 0 Å². The molecule has 0 radical (unpaired) electrons. The van der Waals surface area contributed by atoms with Crippen molar-refractivity contribution in [1.29, 1.82) is 0 Å². The molecule has 0 aliphatic carbocycles. The van der Waals surface area contributed by atoms with Crippen LogP contribution in [0.1, 0.15) is 33.1 Å². The minimum Gasteiger partial charge on any atom is -0.494 e. The first-order valence-electron chi connectivity index (χ1n) is 7.38. The van der Waals surface area contributed by atoms with Crippen molar-refractivity contribution in [2.75, 3.05) is 19.7 Å². The van der Waals surface area contributed by atoms with E-state index in [-0.39, 0.29) is 4.90 Å². The summed E-state index contributed by atoms with van der Waals surface area (Å²) in [5, 5.41) is 0. The van der Waals surface area contributed by atoms with E-state index in [2.05, 4.69) is 18.6 Å². The summed E-state index contributed by atoms with van der Waals surface area (Å²) in [7, 11) is -3.43. The van der Waals surface area contributed by atoms with Gasteiger partial charge < -0.3 is 10.5 Å². The molecule has 0 saturated heterocycles. The van der Waals surface area contributed by atoms with E-state index in [0.29, 0.717) is 31.4 Å². The Balaban J connectivity index is 2.50. The van der Waals surface area contributed by atoms with Gasteiger partial charge in [-0.05, 0) is 56.0 Å². The van der Waals surface area contributed by atoms with E-state index in [0.717, 1.165) is 19.3 Å². The van der Waals surface area contributed by atoms with Gasteiger partial charge in [0.2, 0.25) is 10.0 Å². The Hall–Kier alpha value is -1.11. The molecule has 1 aromatic carbocycles. The van der Waals surface area contributed by atoms with Crippen molar-refractivity contribution < 1.29 is 13.2 Å². The number of nitrogens with one attached hydrogen (secondary N) is 1. The molecule has 0 aliphatic rings. The van der Waals surface area contributed by atoms with Gasteiger partial charge in [-0.2, -0.15) is 0 Å². The second-order valence-electron chi connectivity index (χ2n) is 5.40. The van der Waals surface area contributed by atoms with Gasteiger partial charge in [0, 0.05) is 6.54 Å². The summed E-state index contributed by atoms with van der Waals surface area (Å²) in [6.07, 6.45) is 2.63. The number of sulfonamides is 1. The van der Waals surface area contributed by atoms with Crippen molar-refractivity contribution in [2.24, 2.45) is 11.7 Å². The molecule has 0 atom stereocenters. The molecule has 0 amide bonds. The van der Waals surface area contributed by atoms with E-state index in [9.17, 15) is 8.42 Å². The van der Waals surface area contributed by atoms with Crippen molar-refractivity contribution in [1.82, 2.24) is 4.72 Å². The van der Waals surface area contributed by atoms with Crippen LogP contribution in [0.5, 0.6) is 5.75 Å². The Morgan fingerprint density at radius 1 is 1.19 bits per heavy atom. The fourth-order valence-corrected chi connectivity index (χ4v) is 2.86. The Morgan fingerprint density at radius 2 is 1.86 bits per heavy atom. The predicted octanol–water partition coefficient (Wildman–Crippen LogP) is 2.13. The summed E-state index contributed by atoms with van der Waals surface area (Å²) in [4.78, 5) is 0.262. The number of ether oxygens (including phenoxy) is 1. The third kappa shape index (κ3) is 6.93. The third-order valence-electron chi connectivity index (χ3n) is 3.00. The Labute approximate surface area is 127 Å². The Morgan fingerprint density at radius 3 is 2.43 bits per heavy atom. The number of hydrogen-bond donors (Lipinski definition) is 2.